The van der Waals surface area contributed by atoms with E-state index in [1.165, 1.54) is 5.56 Å². The molecule has 0 aliphatic heterocycles. The first-order valence-corrected chi connectivity index (χ1v) is 7.51. The number of nitrogens with zero attached hydrogens (tertiary/aromatic N) is 1. The summed E-state index contributed by atoms with van der Waals surface area (Å²) >= 11 is 0. The van der Waals surface area contributed by atoms with Crippen LogP contribution in [0.15, 0.2) is 36.5 Å². The Morgan fingerprint density at radius 1 is 1.24 bits per heavy atom. The van der Waals surface area contributed by atoms with Gasteiger partial charge in [-0.2, -0.15) is 0 Å². The number of aryl methyl sites for hydroxylation is 2. The second kappa shape index (κ2) is 7.32. The van der Waals surface area contributed by atoms with Crippen LogP contribution in [-0.2, 0) is 6.42 Å². The normalized spacial score (nSPS) is 12.4. The van der Waals surface area contributed by atoms with Crippen LogP contribution in [0.3, 0.4) is 0 Å². The largest absolute Gasteiger partial charge is 0.310 e. The Bertz CT molecular complexity index is 575. The third-order valence-corrected chi connectivity index (χ3v) is 3.62. The maximum atomic E-state index is 13.7. The average molecular weight is 286 g/mol. The van der Waals surface area contributed by atoms with Crippen molar-refractivity contribution in [2.24, 2.45) is 0 Å². The molecule has 0 radical (unpaired) electrons. The van der Waals surface area contributed by atoms with Crippen LogP contribution in [0.4, 0.5) is 4.39 Å². The lowest BCUT2D eigenvalue weighted by molar-refractivity contribution is 0.518. The predicted molar refractivity (Wildman–Crippen MR) is 84.8 cm³/mol. The molecule has 1 unspecified atom stereocenters. The topological polar surface area (TPSA) is 24.9 Å². The molecule has 112 valence electrons. The summed E-state index contributed by atoms with van der Waals surface area (Å²) in [7, 11) is 0. The zero-order valence-electron chi connectivity index (χ0n) is 13.0. The van der Waals surface area contributed by atoms with E-state index in [-0.39, 0.29) is 11.9 Å². The minimum atomic E-state index is -0.175. The van der Waals surface area contributed by atoms with Gasteiger partial charge < -0.3 is 5.32 Å². The van der Waals surface area contributed by atoms with Crippen LogP contribution < -0.4 is 5.32 Å². The van der Waals surface area contributed by atoms with Crippen LogP contribution in [0.1, 0.15) is 41.8 Å². The van der Waals surface area contributed by atoms with Gasteiger partial charge in [-0.25, -0.2) is 4.39 Å². The Labute approximate surface area is 126 Å². The molecule has 0 fully saturated rings. The van der Waals surface area contributed by atoms with Crippen molar-refractivity contribution < 1.29 is 4.39 Å². The molecule has 0 saturated heterocycles. The fourth-order valence-electron chi connectivity index (χ4n) is 2.52. The first-order chi connectivity index (χ1) is 10.1. The van der Waals surface area contributed by atoms with Crippen molar-refractivity contribution in [3.63, 3.8) is 0 Å². The summed E-state index contributed by atoms with van der Waals surface area (Å²) in [6, 6.07) is 9.34. The molecule has 0 spiro atoms. The van der Waals surface area contributed by atoms with Crippen molar-refractivity contribution in [3.05, 3.63) is 64.7 Å². The molecule has 1 aromatic carbocycles. The van der Waals surface area contributed by atoms with E-state index in [0.717, 1.165) is 36.2 Å². The quantitative estimate of drug-likeness (QED) is 0.864. The van der Waals surface area contributed by atoms with Gasteiger partial charge in [-0.3, -0.25) is 4.98 Å². The molecular weight excluding hydrogens is 263 g/mol. The van der Waals surface area contributed by atoms with Gasteiger partial charge in [-0.05, 0) is 61.7 Å². The molecular formula is C18H23FN2. The second-order valence-electron chi connectivity index (χ2n) is 5.54. The van der Waals surface area contributed by atoms with Gasteiger partial charge in [0.25, 0.3) is 0 Å². The van der Waals surface area contributed by atoms with Crippen LogP contribution in [0.25, 0.3) is 0 Å². The van der Waals surface area contributed by atoms with Crippen LogP contribution >= 0.6 is 0 Å². The molecule has 0 bridgehead atoms. The smallest absolute Gasteiger partial charge is 0.123 e. The Kier molecular flexibility index (Phi) is 5.45. The summed E-state index contributed by atoms with van der Waals surface area (Å²) in [5.41, 5.74) is 4.18. The highest BCUT2D eigenvalue weighted by Crippen LogP contribution is 2.21. The van der Waals surface area contributed by atoms with Gasteiger partial charge >= 0.3 is 0 Å². The molecule has 3 heteroatoms. The number of nitrogens with one attached hydrogen (secondary N) is 1. The van der Waals surface area contributed by atoms with E-state index in [1.54, 1.807) is 12.1 Å². The molecule has 0 aliphatic carbocycles. The maximum Gasteiger partial charge on any atom is 0.123 e. The summed E-state index contributed by atoms with van der Waals surface area (Å²) in [6.07, 6.45) is 3.64. The number of hydrogen-bond acceptors (Lipinski definition) is 2. The van der Waals surface area contributed by atoms with E-state index < -0.39 is 0 Å². The maximum absolute atomic E-state index is 13.7. The summed E-state index contributed by atoms with van der Waals surface area (Å²) in [5.74, 6) is -0.175. The molecule has 1 heterocycles. The van der Waals surface area contributed by atoms with Crippen molar-refractivity contribution in [3.8, 4) is 0 Å². The van der Waals surface area contributed by atoms with Gasteiger partial charge in [0.05, 0.1) is 0 Å². The van der Waals surface area contributed by atoms with Crippen LogP contribution in [0.2, 0.25) is 0 Å². The van der Waals surface area contributed by atoms with Gasteiger partial charge in [0.15, 0.2) is 0 Å². The minimum absolute atomic E-state index is 0.0907. The SMILES string of the molecule is CCCNC(Cc1ncccc1C)c1cc(C)cc(F)c1. The van der Waals surface area contributed by atoms with Crippen molar-refractivity contribution in [2.75, 3.05) is 6.54 Å². The summed E-state index contributed by atoms with van der Waals surface area (Å²) < 4.78 is 13.7. The van der Waals surface area contributed by atoms with Gasteiger partial charge in [0.2, 0.25) is 0 Å². The summed E-state index contributed by atoms with van der Waals surface area (Å²) in [5, 5.41) is 3.51. The average Bonchev–Trinajstić information content (AvgIpc) is 2.44. The van der Waals surface area contributed by atoms with E-state index in [1.807, 2.05) is 19.2 Å². The summed E-state index contributed by atoms with van der Waals surface area (Å²) in [4.78, 5) is 4.46. The van der Waals surface area contributed by atoms with Crippen molar-refractivity contribution in [1.29, 1.82) is 0 Å². The lowest BCUT2D eigenvalue weighted by Crippen LogP contribution is -2.25. The van der Waals surface area contributed by atoms with E-state index in [2.05, 4.69) is 36.3 Å². The Hall–Kier alpha value is -1.74. The number of rotatable bonds is 6. The zero-order chi connectivity index (χ0) is 15.2. The Morgan fingerprint density at radius 3 is 2.71 bits per heavy atom. The number of pyridine rings is 1. The van der Waals surface area contributed by atoms with Crippen LogP contribution in [0, 0.1) is 19.7 Å². The molecule has 1 aromatic heterocycles. The third-order valence-electron chi connectivity index (χ3n) is 3.62. The molecule has 21 heavy (non-hydrogen) atoms. The number of hydrogen-bond donors (Lipinski definition) is 1. The van der Waals surface area contributed by atoms with E-state index in [9.17, 15) is 4.39 Å². The molecule has 0 amide bonds. The van der Waals surface area contributed by atoms with Gasteiger partial charge in [-0.1, -0.05) is 19.1 Å². The van der Waals surface area contributed by atoms with E-state index in [0.29, 0.717) is 0 Å². The molecule has 1 atom stereocenters. The van der Waals surface area contributed by atoms with Crippen LogP contribution in [0.5, 0.6) is 0 Å². The molecule has 0 aliphatic rings. The number of halogens is 1. The first kappa shape index (κ1) is 15.6. The third kappa shape index (κ3) is 4.36. The fraction of sp³-hybridized carbons (Fsp3) is 0.389. The number of benzene rings is 1. The highest BCUT2D eigenvalue weighted by molar-refractivity contribution is 5.28. The van der Waals surface area contributed by atoms with Crippen molar-refractivity contribution in [2.45, 2.75) is 39.7 Å². The van der Waals surface area contributed by atoms with E-state index in [4.69, 9.17) is 0 Å². The van der Waals surface area contributed by atoms with Crippen LogP contribution in [-0.4, -0.2) is 11.5 Å². The first-order valence-electron chi connectivity index (χ1n) is 7.51. The van der Waals surface area contributed by atoms with Crippen molar-refractivity contribution in [1.82, 2.24) is 10.3 Å². The van der Waals surface area contributed by atoms with Gasteiger partial charge in [-0.15, -0.1) is 0 Å². The van der Waals surface area contributed by atoms with Crippen molar-refractivity contribution >= 4 is 0 Å². The van der Waals surface area contributed by atoms with Gasteiger partial charge in [0.1, 0.15) is 5.82 Å². The molecule has 0 saturated carbocycles. The van der Waals surface area contributed by atoms with Gasteiger partial charge in [0, 0.05) is 24.4 Å². The zero-order valence-corrected chi connectivity index (χ0v) is 13.0. The standard InChI is InChI=1S/C18H23FN2/c1-4-7-20-18(12-17-14(3)6-5-8-21-17)15-9-13(2)10-16(19)11-15/h5-6,8-11,18,20H,4,7,12H2,1-3H3. The molecule has 2 rings (SSSR count). The Balaban J connectivity index is 2.27. The Morgan fingerprint density at radius 2 is 2.05 bits per heavy atom. The lowest BCUT2D eigenvalue weighted by Gasteiger charge is -2.20. The predicted octanol–water partition coefficient (Wildman–Crippen LogP) is 4.12. The number of aromatic nitrogens is 1. The summed E-state index contributed by atoms with van der Waals surface area (Å²) in [6.45, 7) is 7.03. The molecule has 1 N–H and O–H groups in total. The molecule has 2 nitrogen and oxygen atoms in total. The highest BCUT2D eigenvalue weighted by Gasteiger charge is 2.15. The highest BCUT2D eigenvalue weighted by atomic mass is 19.1. The van der Waals surface area contributed by atoms with E-state index >= 15 is 0 Å². The fourth-order valence-corrected chi connectivity index (χ4v) is 2.52. The second-order valence-corrected chi connectivity index (χ2v) is 5.54. The molecule has 2 aromatic rings. The minimum Gasteiger partial charge on any atom is -0.310 e. The lowest BCUT2D eigenvalue weighted by atomic mass is 9.98. The monoisotopic (exact) mass is 286 g/mol.